The summed E-state index contributed by atoms with van der Waals surface area (Å²) in [5.41, 5.74) is 2.13. The minimum Gasteiger partial charge on any atom is -0.345 e. The van der Waals surface area contributed by atoms with Gasteiger partial charge in [-0.15, -0.1) is 0 Å². The Bertz CT molecular complexity index is 436. The van der Waals surface area contributed by atoms with Crippen LogP contribution in [0, 0.1) is 0 Å². The van der Waals surface area contributed by atoms with E-state index < -0.39 is 5.24 Å². The predicted octanol–water partition coefficient (Wildman–Crippen LogP) is 2.97. The van der Waals surface area contributed by atoms with E-state index in [1.54, 1.807) is 24.5 Å². The summed E-state index contributed by atoms with van der Waals surface area (Å²) >= 11 is 5.30. The third-order valence-electron chi connectivity index (χ3n) is 1.65. The molecule has 0 atom stereocenters. The molecule has 0 fully saturated rings. The smallest absolute Gasteiger partial charge is 0.252 e. The van der Waals surface area contributed by atoms with Gasteiger partial charge in [-0.3, -0.25) is 4.79 Å². The van der Waals surface area contributed by atoms with Crippen molar-refractivity contribution in [1.29, 1.82) is 0 Å². The molecule has 0 aliphatic carbocycles. The molecule has 0 aliphatic heterocycles. The van der Waals surface area contributed by atoms with Crippen molar-refractivity contribution in [2.45, 2.75) is 13.8 Å². The second-order valence-corrected chi connectivity index (χ2v) is 2.75. The molecule has 0 unspecified atom stereocenters. The van der Waals surface area contributed by atoms with Crippen molar-refractivity contribution >= 4 is 27.9 Å². The van der Waals surface area contributed by atoms with Gasteiger partial charge in [-0.1, -0.05) is 13.8 Å². The lowest BCUT2D eigenvalue weighted by molar-refractivity contribution is 0.108. The van der Waals surface area contributed by atoms with Gasteiger partial charge in [0.05, 0.1) is 17.4 Å². The summed E-state index contributed by atoms with van der Waals surface area (Å²) in [6, 6.07) is 5.08. The summed E-state index contributed by atoms with van der Waals surface area (Å²) < 4.78 is 0. The lowest BCUT2D eigenvalue weighted by atomic mass is 10.2. The largest absolute Gasteiger partial charge is 0.345 e. The summed E-state index contributed by atoms with van der Waals surface area (Å²) in [5.74, 6) is 0. The van der Waals surface area contributed by atoms with Crippen molar-refractivity contribution in [3.63, 3.8) is 0 Å². The number of hydrogen-bond acceptors (Lipinski definition) is 2. The molecule has 0 saturated carbocycles. The van der Waals surface area contributed by atoms with Crippen molar-refractivity contribution < 1.29 is 4.79 Å². The number of hydrogen-bond donors (Lipinski definition) is 1. The topological polar surface area (TPSA) is 45.8 Å². The number of nitrogens with zero attached hydrogens (tertiary/aromatic N) is 1. The summed E-state index contributed by atoms with van der Waals surface area (Å²) in [6.07, 6.45) is 1.58. The van der Waals surface area contributed by atoms with Crippen LogP contribution in [0.15, 0.2) is 24.5 Å². The molecule has 1 N–H and O–H groups in total. The van der Waals surface area contributed by atoms with Crippen LogP contribution in [0.4, 0.5) is 0 Å². The standard InChI is InChI=1S/C8H5ClN2O.C2H6/c9-8(12)5-1-2-6-7(3-5)11-4-10-6;1-2/h1-4H,(H,10,11);1-2H3. The zero-order valence-corrected chi connectivity index (χ0v) is 8.80. The number of imidazole rings is 1. The van der Waals surface area contributed by atoms with Gasteiger partial charge in [-0.05, 0) is 29.8 Å². The molecule has 1 heterocycles. The normalized spacial score (nSPS) is 9.36. The number of carbonyl (C=O) groups is 1. The fourth-order valence-corrected chi connectivity index (χ4v) is 1.18. The predicted molar refractivity (Wildman–Crippen MR) is 57.6 cm³/mol. The first-order valence-electron chi connectivity index (χ1n) is 4.40. The van der Waals surface area contributed by atoms with E-state index in [1.165, 1.54) is 0 Å². The van der Waals surface area contributed by atoms with Crippen molar-refractivity contribution in [1.82, 2.24) is 9.97 Å². The quantitative estimate of drug-likeness (QED) is 0.736. The van der Waals surface area contributed by atoms with Crippen molar-refractivity contribution in [2.24, 2.45) is 0 Å². The number of nitrogens with one attached hydrogen (secondary N) is 1. The molecule has 0 saturated heterocycles. The molecule has 2 aromatic rings. The van der Waals surface area contributed by atoms with Gasteiger partial charge in [0.1, 0.15) is 0 Å². The zero-order valence-electron chi connectivity index (χ0n) is 8.04. The number of carbonyl (C=O) groups excluding carboxylic acids is 1. The molecule has 0 amide bonds. The molecular weight excluding hydrogens is 200 g/mol. The first-order chi connectivity index (χ1) is 6.77. The van der Waals surface area contributed by atoms with E-state index >= 15 is 0 Å². The zero-order chi connectivity index (χ0) is 10.6. The maximum Gasteiger partial charge on any atom is 0.252 e. The van der Waals surface area contributed by atoms with Crippen LogP contribution in [0.2, 0.25) is 0 Å². The van der Waals surface area contributed by atoms with Gasteiger partial charge in [0.2, 0.25) is 0 Å². The number of halogens is 1. The Morgan fingerprint density at radius 3 is 2.79 bits per heavy atom. The number of aromatic amines is 1. The van der Waals surface area contributed by atoms with Crippen LogP contribution in [-0.4, -0.2) is 15.2 Å². The molecule has 74 valence electrons. The second kappa shape index (κ2) is 4.77. The third-order valence-corrected chi connectivity index (χ3v) is 1.87. The summed E-state index contributed by atoms with van der Waals surface area (Å²) in [7, 11) is 0. The van der Waals surface area contributed by atoms with Gasteiger partial charge in [0.25, 0.3) is 5.24 Å². The molecule has 1 aromatic carbocycles. The van der Waals surface area contributed by atoms with E-state index in [9.17, 15) is 4.79 Å². The van der Waals surface area contributed by atoms with E-state index in [2.05, 4.69) is 9.97 Å². The summed E-state index contributed by atoms with van der Waals surface area (Å²) in [4.78, 5) is 17.6. The SMILES string of the molecule is CC.O=C(Cl)c1ccc2nc[nH]c2c1. The number of aromatic nitrogens is 2. The number of H-pyrrole nitrogens is 1. The summed E-state index contributed by atoms with van der Waals surface area (Å²) in [6.45, 7) is 4.00. The fraction of sp³-hybridized carbons (Fsp3) is 0.200. The van der Waals surface area contributed by atoms with Crippen molar-refractivity contribution in [2.75, 3.05) is 0 Å². The summed E-state index contributed by atoms with van der Waals surface area (Å²) in [5, 5.41) is -0.452. The molecule has 4 heteroatoms. The second-order valence-electron chi connectivity index (χ2n) is 2.41. The average Bonchev–Trinajstić information content (AvgIpc) is 2.67. The maximum atomic E-state index is 10.7. The highest BCUT2D eigenvalue weighted by Gasteiger charge is 2.02. The first-order valence-corrected chi connectivity index (χ1v) is 4.78. The van der Waals surface area contributed by atoms with Crippen LogP contribution < -0.4 is 0 Å². The number of benzene rings is 1. The molecule has 0 bridgehead atoms. The van der Waals surface area contributed by atoms with Gasteiger partial charge in [0.15, 0.2) is 0 Å². The minimum absolute atomic E-state index is 0.452. The van der Waals surface area contributed by atoms with E-state index in [1.807, 2.05) is 13.8 Å². The highest BCUT2D eigenvalue weighted by molar-refractivity contribution is 6.67. The van der Waals surface area contributed by atoms with Crippen LogP contribution in [-0.2, 0) is 0 Å². The Hall–Kier alpha value is -1.35. The van der Waals surface area contributed by atoms with Crippen LogP contribution in [0.25, 0.3) is 11.0 Å². The fourth-order valence-electron chi connectivity index (χ4n) is 1.06. The molecule has 2 rings (SSSR count). The van der Waals surface area contributed by atoms with Gasteiger partial charge in [-0.2, -0.15) is 0 Å². The molecule has 0 aliphatic rings. The van der Waals surface area contributed by atoms with Crippen LogP contribution in [0.3, 0.4) is 0 Å². The first kappa shape index (κ1) is 10.7. The molecular formula is C10H11ClN2O. The molecule has 3 nitrogen and oxygen atoms in total. The van der Waals surface area contributed by atoms with Crippen LogP contribution >= 0.6 is 11.6 Å². The maximum absolute atomic E-state index is 10.7. The Morgan fingerprint density at radius 1 is 1.43 bits per heavy atom. The van der Waals surface area contributed by atoms with E-state index in [4.69, 9.17) is 11.6 Å². The van der Waals surface area contributed by atoms with Gasteiger partial charge >= 0.3 is 0 Å². The lowest BCUT2D eigenvalue weighted by Crippen LogP contribution is -1.87. The molecule has 0 spiro atoms. The van der Waals surface area contributed by atoms with Gasteiger partial charge in [-0.25, -0.2) is 4.98 Å². The Morgan fingerprint density at radius 2 is 2.14 bits per heavy atom. The van der Waals surface area contributed by atoms with E-state index in [0.29, 0.717) is 5.56 Å². The van der Waals surface area contributed by atoms with E-state index in [0.717, 1.165) is 11.0 Å². The minimum atomic E-state index is -0.452. The Kier molecular flexibility index (Phi) is 3.65. The number of fused-ring (bicyclic) bond motifs is 1. The highest BCUT2D eigenvalue weighted by atomic mass is 35.5. The third kappa shape index (κ3) is 2.12. The lowest BCUT2D eigenvalue weighted by Gasteiger charge is -1.91. The average molecular weight is 211 g/mol. The monoisotopic (exact) mass is 210 g/mol. The van der Waals surface area contributed by atoms with Crippen molar-refractivity contribution in [3.8, 4) is 0 Å². The van der Waals surface area contributed by atoms with E-state index in [-0.39, 0.29) is 0 Å². The molecule has 14 heavy (non-hydrogen) atoms. The Balaban J connectivity index is 0.000000461. The molecule has 1 aromatic heterocycles. The van der Waals surface area contributed by atoms with Crippen molar-refractivity contribution in [3.05, 3.63) is 30.1 Å². The van der Waals surface area contributed by atoms with Crippen LogP contribution in [0.1, 0.15) is 24.2 Å². The van der Waals surface area contributed by atoms with Gasteiger partial charge in [0, 0.05) is 5.56 Å². The number of rotatable bonds is 1. The molecule has 0 radical (unpaired) electrons. The Labute approximate surface area is 87.1 Å². The highest BCUT2D eigenvalue weighted by Crippen LogP contribution is 2.12. The van der Waals surface area contributed by atoms with Crippen LogP contribution in [0.5, 0.6) is 0 Å². The van der Waals surface area contributed by atoms with Gasteiger partial charge < -0.3 is 4.98 Å².